The lowest BCUT2D eigenvalue weighted by Crippen LogP contribution is -3.00. The molecule has 6 atom stereocenters. The quantitative estimate of drug-likeness (QED) is 0.0262. The Morgan fingerprint density at radius 1 is 0.913 bits per heavy atom. The number of anilines is 2. The molecule has 0 unspecified atom stereocenters. The van der Waals surface area contributed by atoms with Crippen LogP contribution in [0.25, 0.3) is 44.6 Å². The van der Waals surface area contributed by atoms with Gasteiger partial charge in [-0.15, -0.1) is 5.10 Å². The predicted molar refractivity (Wildman–Crippen MR) is 259 cm³/mol. The van der Waals surface area contributed by atoms with Crippen molar-refractivity contribution >= 4 is 51.4 Å². The van der Waals surface area contributed by atoms with Gasteiger partial charge in [-0.2, -0.15) is 0 Å². The van der Waals surface area contributed by atoms with E-state index in [2.05, 4.69) is 96.1 Å². The number of hydrogen-bond donors (Lipinski definition) is 3. The third-order valence-electron chi connectivity index (χ3n) is 13.1. The first-order chi connectivity index (χ1) is 33.0. The molecule has 3 aliphatic carbocycles. The minimum Gasteiger partial charge on any atom is -1.00 e. The zero-order valence-electron chi connectivity index (χ0n) is 39.2. The molecule has 5 aromatic rings. The molecular formula is C51H57ClF2N8O6S. The van der Waals surface area contributed by atoms with Crippen molar-refractivity contribution in [3.05, 3.63) is 107 Å². The first-order valence-electron chi connectivity index (χ1n) is 23.6. The molecule has 1 aliphatic heterocycles. The summed E-state index contributed by atoms with van der Waals surface area (Å²) in [5.74, 6) is -0.460. The Morgan fingerprint density at radius 2 is 1.71 bits per heavy atom. The number of esters is 1. The van der Waals surface area contributed by atoms with Crippen molar-refractivity contribution in [3.8, 4) is 22.5 Å². The highest BCUT2D eigenvalue weighted by molar-refractivity contribution is 7.99. The van der Waals surface area contributed by atoms with Crippen molar-refractivity contribution in [3.63, 3.8) is 0 Å². The van der Waals surface area contributed by atoms with Crippen LogP contribution >= 0.6 is 11.8 Å². The van der Waals surface area contributed by atoms with Gasteiger partial charge >= 0.3 is 5.97 Å². The Hall–Kier alpha value is -5.72. The molecular weight excluding hydrogens is 926 g/mol. The van der Waals surface area contributed by atoms with E-state index in [4.69, 9.17) is 23.9 Å². The lowest BCUT2D eigenvalue weighted by molar-refractivity contribution is -0.0648. The lowest BCUT2D eigenvalue weighted by Gasteiger charge is -2.22. The third-order valence-corrected chi connectivity index (χ3v) is 14.2. The van der Waals surface area contributed by atoms with Gasteiger partial charge in [0, 0.05) is 71.6 Å². The van der Waals surface area contributed by atoms with Crippen molar-refractivity contribution in [2.75, 3.05) is 55.4 Å². The predicted octanol–water partition coefficient (Wildman–Crippen LogP) is 5.06. The zero-order valence-corrected chi connectivity index (χ0v) is 40.8. The number of carbonyl (C=O) groups is 1. The Balaban J connectivity index is 0.00000642. The maximum atomic E-state index is 14.0. The minimum absolute atomic E-state index is 0. The van der Waals surface area contributed by atoms with Gasteiger partial charge in [-0.25, -0.2) is 32.8 Å². The van der Waals surface area contributed by atoms with E-state index < -0.39 is 42.0 Å². The molecule has 3 heterocycles. The number of aromatic nitrogens is 5. The van der Waals surface area contributed by atoms with Crippen LogP contribution in [0.3, 0.4) is 0 Å². The number of fused-ring (bicyclic) bond motifs is 3. The van der Waals surface area contributed by atoms with E-state index in [0.29, 0.717) is 56.6 Å². The van der Waals surface area contributed by atoms with Crippen molar-refractivity contribution in [2.45, 2.75) is 95.4 Å². The summed E-state index contributed by atoms with van der Waals surface area (Å²) in [5, 5.41) is 37.2. The second kappa shape index (κ2) is 21.5. The van der Waals surface area contributed by atoms with Crippen LogP contribution in [0.5, 0.6) is 0 Å². The summed E-state index contributed by atoms with van der Waals surface area (Å²) >= 11 is 1.47. The van der Waals surface area contributed by atoms with Gasteiger partial charge in [0.25, 0.3) is 0 Å². The van der Waals surface area contributed by atoms with Crippen molar-refractivity contribution < 1.29 is 50.1 Å². The molecule has 0 spiro atoms. The van der Waals surface area contributed by atoms with Crippen LogP contribution in [0, 0.1) is 11.6 Å². The minimum atomic E-state index is -1.28. The molecule has 2 aromatic heterocycles. The molecule has 2 fully saturated rings. The molecule has 0 radical (unpaired) electrons. The lowest BCUT2D eigenvalue weighted by atomic mass is 9.90. The van der Waals surface area contributed by atoms with E-state index in [1.54, 1.807) is 12.1 Å². The number of aliphatic hydroxyl groups excluding tert-OH is 2. The molecule has 0 bridgehead atoms. The largest absolute Gasteiger partial charge is 1.00 e. The summed E-state index contributed by atoms with van der Waals surface area (Å²) in [6, 6.07) is 22.9. The Morgan fingerprint density at radius 3 is 2.46 bits per heavy atom. The Bertz CT molecular complexity index is 3000. The number of hydrogen-bond acceptors (Lipinski definition) is 13. The molecule has 3 N–H and O–H groups in total. The summed E-state index contributed by atoms with van der Waals surface area (Å²) in [5.41, 5.74) is 5.98. The van der Waals surface area contributed by atoms with E-state index >= 15 is 0 Å². The van der Waals surface area contributed by atoms with E-state index in [9.17, 15) is 23.8 Å². The number of benzene rings is 4. The summed E-state index contributed by atoms with van der Waals surface area (Å²) in [6.07, 6.45) is -1.62. The number of ether oxygens (including phenoxy) is 2. The van der Waals surface area contributed by atoms with Gasteiger partial charge in [-0.3, -0.25) is 0 Å². The number of thioether (sulfide) groups is 1. The van der Waals surface area contributed by atoms with Crippen LogP contribution in [0.1, 0.15) is 81.8 Å². The van der Waals surface area contributed by atoms with Crippen LogP contribution in [-0.2, 0) is 9.47 Å². The fraction of sp³-hybridized carbons (Fsp3) is 0.412. The normalized spacial score (nSPS) is 19.8. The smallest absolute Gasteiger partial charge is 0.338 e. The maximum absolute atomic E-state index is 14.0. The van der Waals surface area contributed by atoms with E-state index in [1.807, 2.05) is 18.2 Å². The average molecular weight is 984 g/mol. The molecule has 9 rings (SSSR count). The average Bonchev–Trinajstić information content (AvgIpc) is 3.90. The molecule has 69 heavy (non-hydrogen) atoms. The summed E-state index contributed by atoms with van der Waals surface area (Å²) < 4.78 is 50.1. The number of aliphatic hydroxyl groups is 2. The fourth-order valence-corrected chi connectivity index (χ4v) is 10.1. The topological polar surface area (TPSA) is 164 Å². The summed E-state index contributed by atoms with van der Waals surface area (Å²) in [4.78, 5) is 25.8. The van der Waals surface area contributed by atoms with Crippen LogP contribution in [-0.4, -0.2) is 111 Å². The van der Waals surface area contributed by atoms with E-state index in [1.165, 1.54) is 22.5 Å². The molecule has 0 amide bonds. The number of halogens is 3. The van der Waals surface area contributed by atoms with Crippen LogP contribution in [0.15, 0.2) is 88.4 Å². The number of rotatable bonds is 18. The molecule has 4 aliphatic rings. The second-order valence-corrected chi connectivity index (χ2v) is 18.3. The first-order valence-corrected chi connectivity index (χ1v) is 24.6. The van der Waals surface area contributed by atoms with Crippen LogP contribution in [0.4, 0.5) is 20.3 Å². The number of nitrogens with zero attached hydrogens (tertiary/aromatic N) is 7. The number of nitrogens with one attached hydrogen (secondary N) is 1. The van der Waals surface area contributed by atoms with Gasteiger partial charge in [0.1, 0.15) is 43.2 Å². The Kier molecular flexibility index (Phi) is 15.5. The van der Waals surface area contributed by atoms with Gasteiger partial charge in [0.05, 0.1) is 30.4 Å². The van der Waals surface area contributed by atoms with Crippen LogP contribution in [0.2, 0.25) is 0 Å². The summed E-state index contributed by atoms with van der Waals surface area (Å²) in [7, 11) is 0. The fourth-order valence-electron chi connectivity index (χ4n) is 9.43. The van der Waals surface area contributed by atoms with E-state index in [0.717, 1.165) is 72.0 Å². The molecule has 364 valence electrons. The van der Waals surface area contributed by atoms with Gasteiger partial charge in [-0.05, 0) is 88.1 Å². The van der Waals surface area contributed by atoms with Crippen molar-refractivity contribution in [2.24, 2.45) is 0 Å². The van der Waals surface area contributed by atoms with Crippen molar-refractivity contribution in [1.29, 1.82) is 0 Å². The standard InChI is InChI=1S/C51H56F2N8O6S.ClH/c1-6-23-68-51-55-48(54-39-27-36(39)29-15-20-37(52)38(53)24-29)45-49(56-51)61(58-57-45)40-28-43(47(63)46(40)62)65-21-22-66-50(64)33-14-12-11-13-32(33)44-34-18-16-30(59(7-2)8-3)25-41(34)67-42-26-31(17-19-35(42)44)60(9-4)10-5;/h11-20,24-26,36,39-40,43,46-47,62-63H,6-10,21-23,27-28H2,1-5H3;1H/t36-,39+,40+,43-,46-,47+;/m0./s1. The molecule has 2 saturated carbocycles. The molecule has 18 heteroatoms. The first kappa shape index (κ1) is 49.7. The van der Waals surface area contributed by atoms with Gasteiger partial charge in [0.2, 0.25) is 5.36 Å². The summed E-state index contributed by atoms with van der Waals surface area (Å²) in [6.45, 7) is 13.8. The number of carbonyl (C=O) groups excluding carboxylic acids is 1. The van der Waals surface area contributed by atoms with Crippen molar-refractivity contribution in [1.82, 2.24) is 29.5 Å². The Labute approximate surface area is 409 Å². The maximum Gasteiger partial charge on any atom is 0.338 e. The zero-order chi connectivity index (χ0) is 47.6. The third kappa shape index (κ3) is 10.0. The molecule has 0 saturated heterocycles. The molecule has 3 aromatic carbocycles. The van der Waals surface area contributed by atoms with Gasteiger partial charge < -0.3 is 46.7 Å². The SMILES string of the molecule is CCCSc1nc(N[C@@H]2C[C@H]2c2ccc(F)c(F)c2)c2nnn([C@@H]3C[C@H](OCCOC(=O)c4ccccc4-c4c5ccc(=[N+](CC)CC)cc-5oc5cc(N(CC)CC)ccc45)[C@@H](O)[C@H]3O)c2n1.[Cl-]. The van der Waals surface area contributed by atoms with Gasteiger partial charge in [-0.1, -0.05) is 48.2 Å². The van der Waals surface area contributed by atoms with Gasteiger partial charge in [0.15, 0.2) is 33.8 Å². The highest BCUT2D eigenvalue weighted by atomic mass is 35.5. The highest BCUT2D eigenvalue weighted by Gasteiger charge is 2.45. The van der Waals surface area contributed by atoms with E-state index in [-0.39, 0.29) is 44.0 Å². The molecule has 14 nitrogen and oxygen atoms in total. The highest BCUT2D eigenvalue weighted by Crippen LogP contribution is 2.45. The monoisotopic (exact) mass is 982 g/mol. The second-order valence-electron chi connectivity index (χ2n) is 17.2. The van der Waals surface area contributed by atoms with Crippen LogP contribution < -0.4 is 32.6 Å².